The van der Waals surface area contributed by atoms with E-state index in [0.717, 1.165) is 0 Å². The highest BCUT2D eigenvalue weighted by Gasteiger charge is 2.18. The van der Waals surface area contributed by atoms with Gasteiger partial charge in [0.05, 0.1) is 0 Å². The van der Waals surface area contributed by atoms with Crippen LogP contribution in [0.4, 0.5) is 4.39 Å². The maximum absolute atomic E-state index is 13.1. The Bertz CT molecular complexity index is 890. The number of aromatic nitrogens is 2. The van der Waals surface area contributed by atoms with Gasteiger partial charge in [0.1, 0.15) is 16.4 Å². The monoisotopic (exact) mass is 305 g/mol. The Balaban J connectivity index is 1.87. The Labute approximate surface area is 120 Å². The first-order valence-electron chi connectivity index (χ1n) is 6.22. The Kier molecular flexibility index (Phi) is 3.44. The fraction of sp³-hybridized carbons (Fsp3) is 0.0714. The van der Waals surface area contributed by atoms with Crippen LogP contribution in [-0.2, 0) is 16.6 Å². The van der Waals surface area contributed by atoms with Crippen molar-refractivity contribution in [3.63, 3.8) is 0 Å². The van der Waals surface area contributed by atoms with Crippen molar-refractivity contribution in [2.75, 3.05) is 0 Å². The third-order valence-electron chi connectivity index (χ3n) is 3.06. The maximum Gasteiger partial charge on any atom is 0.243 e. The highest BCUT2D eigenvalue weighted by molar-refractivity contribution is 7.89. The molecule has 2 heterocycles. The summed E-state index contributed by atoms with van der Waals surface area (Å²) in [6, 6.07) is 9.14. The zero-order chi connectivity index (χ0) is 14.9. The quantitative estimate of drug-likeness (QED) is 0.776. The lowest BCUT2D eigenvalue weighted by Crippen LogP contribution is -2.23. The van der Waals surface area contributed by atoms with Gasteiger partial charge in [0, 0.05) is 24.3 Å². The van der Waals surface area contributed by atoms with Gasteiger partial charge >= 0.3 is 0 Å². The summed E-state index contributed by atoms with van der Waals surface area (Å²) in [6.07, 6.45) is 2.97. The van der Waals surface area contributed by atoms with E-state index in [2.05, 4.69) is 14.7 Å². The van der Waals surface area contributed by atoms with E-state index < -0.39 is 15.8 Å². The Hall–Kier alpha value is -2.25. The van der Waals surface area contributed by atoms with Gasteiger partial charge in [-0.1, -0.05) is 12.1 Å². The van der Waals surface area contributed by atoms with Crippen LogP contribution in [0.3, 0.4) is 0 Å². The van der Waals surface area contributed by atoms with Gasteiger partial charge in [-0.2, -0.15) is 0 Å². The van der Waals surface area contributed by atoms with Crippen LogP contribution >= 0.6 is 0 Å². The molecule has 0 saturated heterocycles. The van der Waals surface area contributed by atoms with Crippen molar-refractivity contribution in [1.82, 2.24) is 14.7 Å². The van der Waals surface area contributed by atoms with Crippen LogP contribution in [-0.4, -0.2) is 18.4 Å². The van der Waals surface area contributed by atoms with Crippen LogP contribution < -0.4 is 4.72 Å². The first-order valence-corrected chi connectivity index (χ1v) is 7.71. The molecule has 3 rings (SSSR count). The van der Waals surface area contributed by atoms with Gasteiger partial charge in [0.2, 0.25) is 10.0 Å². The number of pyridine rings is 1. The summed E-state index contributed by atoms with van der Waals surface area (Å²) >= 11 is 0. The summed E-state index contributed by atoms with van der Waals surface area (Å²) < 4.78 is 40.2. The maximum atomic E-state index is 13.1. The largest absolute Gasteiger partial charge is 0.345 e. The van der Waals surface area contributed by atoms with Crippen molar-refractivity contribution >= 4 is 21.1 Å². The van der Waals surface area contributed by atoms with Crippen molar-refractivity contribution in [1.29, 1.82) is 0 Å². The molecule has 0 bridgehead atoms. The molecule has 7 heteroatoms. The molecule has 3 aromatic rings. The van der Waals surface area contributed by atoms with Gasteiger partial charge in [-0.15, -0.1) is 0 Å². The highest BCUT2D eigenvalue weighted by Crippen LogP contribution is 2.20. The highest BCUT2D eigenvalue weighted by atomic mass is 32.2. The number of halogens is 1. The summed E-state index contributed by atoms with van der Waals surface area (Å²) in [5, 5.41) is 0.518. The topological polar surface area (TPSA) is 74.8 Å². The number of nitrogens with one attached hydrogen (secondary N) is 2. The number of H-pyrrole nitrogens is 1. The van der Waals surface area contributed by atoms with Gasteiger partial charge in [-0.25, -0.2) is 22.5 Å². The van der Waals surface area contributed by atoms with Crippen molar-refractivity contribution in [2.45, 2.75) is 11.4 Å². The number of hydrogen-bond donors (Lipinski definition) is 2. The van der Waals surface area contributed by atoms with Crippen LogP contribution in [0.25, 0.3) is 11.0 Å². The van der Waals surface area contributed by atoms with E-state index in [-0.39, 0.29) is 11.4 Å². The SMILES string of the molecule is O=S(=O)(NCc1cccc(F)c1)c1c[nH]c2ncccc12. The second kappa shape index (κ2) is 5.27. The van der Waals surface area contributed by atoms with Gasteiger partial charge < -0.3 is 4.98 Å². The molecule has 108 valence electrons. The van der Waals surface area contributed by atoms with E-state index in [1.54, 1.807) is 24.4 Å². The molecule has 21 heavy (non-hydrogen) atoms. The minimum Gasteiger partial charge on any atom is -0.345 e. The standard InChI is InChI=1S/C14H12FN3O2S/c15-11-4-1-3-10(7-11)8-18-21(19,20)13-9-17-14-12(13)5-2-6-16-14/h1-7,9,18H,8H2,(H,16,17). The second-order valence-corrected chi connectivity index (χ2v) is 6.24. The lowest BCUT2D eigenvalue weighted by Gasteiger charge is -2.06. The van der Waals surface area contributed by atoms with Gasteiger partial charge in [-0.3, -0.25) is 0 Å². The zero-order valence-electron chi connectivity index (χ0n) is 10.9. The first-order chi connectivity index (χ1) is 10.1. The molecule has 0 aliphatic carbocycles. The van der Waals surface area contributed by atoms with E-state index >= 15 is 0 Å². The first kappa shape index (κ1) is 13.7. The third kappa shape index (κ3) is 2.79. The number of sulfonamides is 1. The van der Waals surface area contributed by atoms with Crippen LogP contribution in [0, 0.1) is 5.82 Å². The molecular formula is C14H12FN3O2S. The molecule has 1 aromatic carbocycles. The van der Waals surface area contributed by atoms with Crippen LogP contribution in [0.5, 0.6) is 0 Å². The zero-order valence-corrected chi connectivity index (χ0v) is 11.7. The molecule has 0 aliphatic rings. The lowest BCUT2D eigenvalue weighted by atomic mass is 10.2. The van der Waals surface area contributed by atoms with E-state index in [9.17, 15) is 12.8 Å². The molecule has 2 aromatic heterocycles. The molecule has 0 radical (unpaired) electrons. The number of hydrogen-bond acceptors (Lipinski definition) is 3. The Morgan fingerprint density at radius 3 is 2.90 bits per heavy atom. The molecule has 0 saturated carbocycles. The summed E-state index contributed by atoms with van der Waals surface area (Å²) in [4.78, 5) is 6.99. The molecule has 0 aliphatic heterocycles. The van der Waals surface area contributed by atoms with E-state index in [1.165, 1.54) is 24.4 Å². The van der Waals surface area contributed by atoms with Crippen molar-refractivity contribution in [3.05, 3.63) is 60.2 Å². The summed E-state index contributed by atoms with van der Waals surface area (Å²) in [6.45, 7) is 0.0209. The molecule has 0 unspecified atom stereocenters. The van der Waals surface area contributed by atoms with Crippen LogP contribution in [0.1, 0.15) is 5.56 Å². The van der Waals surface area contributed by atoms with E-state index in [0.29, 0.717) is 16.6 Å². The van der Waals surface area contributed by atoms with Crippen LogP contribution in [0.15, 0.2) is 53.7 Å². The minimum absolute atomic E-state index is 0.0209. The smallest absolute Gasteiger partial charge is 0.243 e. The fourth-order valence-electron chi connectivity index (χ4n) is 2.06. The number of nitrogens with zero attached hydrogens (tertiary/aromatic N) is 1. The number of benzene rings is 1. The van der Waals surface area contributed by atoms with Crippen molar-refractivity contribution < 1.29 is 12.8 Å². The second-order valence-electron chi connectivity index (χ2n) is 4.51. The molecular weight excluding hydrogens is 293 g/mol. The lowest BCUT2D eigenvalue weighted by molar-refractivity contribution is 0.581. The molecule has 0 fully saturated rings. The molecule has 5 nitrogen and oxygen atoms in total. The fourth-order valence-corrected chi connectivity index (χ4v) is 3.24. The minimum atomic E-state index is -3.70. The van der Waals surface area contributed by atoms with Gasteiger partial charge in [0.25, 0.3) is 0 Å². The molecule has 0 spiro atoms. The molecule has 2 N–H and O–H groups in total. The van der Waals surface area contributed by atoms with Crippen molar-refractivity contribution in [2.24, 2.45) is 0 Å². The molecule has 0 atom stereocenters. The van der Waals surface area contributed by atoms with Gasteiger partial charge in [-0.05, 0) is 29.8 Å². The van der Waals surface area contributed by atoms with Crippen molar-refractivity contribution in [3.8, 4) is 0 Å². The number of fused-ring (bicyclic) bond motifs is 1. The summed E-state index contributed by atoms with van der Waals surface area (Å²) in [7, 11) is -3.70. The Morgan fingerprint density at radius 2 is 2.10 bits per heavy atom. The van der Waals surface area contributed by atoms with Crippen LogP contribution in [0.2, 0.25) is 0 Å². The van der Waals surface area contributed by atoms with E-state index in [4.69, 9.17) is 0 Å². The van der Waals surface area contributed by atoms with E-state index in [1.807, 2.05) is 0 Å². The number of rotatable bonds is 4. The normalized spacial score (nSPS) is 11.9. The summed E-state index contributed by atoms with van der Waals surface area (Å²) in [5.74, 6) is -0.400. The predicted molar refractivity (Wildman–Crippen MR) is 76.5 cm³/mol. The van der Waals surface area contributed by atoms with Gasteiger partial charge in [0.15, 0.2) is 0 Å². The Morgan fingerprint density at radius 1 is 1.24 bits per heavy atom. The third-order valence-corrected chi connectivity index (χ3v) is 4.50. The average Bonchev–Trinajstić information content (AvgIpc) is 2.90. The predicted octanol–water partition coefficient (Wildman–Crippen LogP) is 2.18. The summed E-state index contributed by atoms with van der Waals surface area (Å²) in [5.41, 5.74) is 1.06. The molecule has 0 amide bonds. The average molecular weight is 305 g/mol. The number of aromatic amines is 1.